The van der Waals surface area contributed by atoms with E-state index in [1.165, 1.54) is 12.1 Å². The number of aliphatic hydroxyl groups is 1. The van der Waals surface area contributed by atoms with Gasteiger partial charge in [-0.1, -0.05) is 32.9 Å². The lowest BCUT2D eigenvalue weighted by molar-refractivity contribution is 0.0573. The van der Waals surface area contributed by atoms with Gasteiger partial charge in [-0.25, -0.2) is 13.9 Å². The van der Waals surface area contributed by atoms with Gasteiger partial charge in [-0.2, -0.15) is 0 Å². The molecule has 0 bridgehead atoms. The van der Waals surface area contributed by atoms with Crippen LogP contribution in [-0.4, -0.2) is 36.2 Å². The fourth-order valence-electron chi connectivity index (χ4n) is 2.31. The lowest BCUT2D eigenvalue weighted by Crippen LogP contribution is -2.36. The minimum atomic E-state index is -1.30. The van der Waals surface area contributed by atoms with Crippen molar-refractivity contribution < 1.29 is 19.0 Å². The first kappa shape index (κ1) is 18.0. The van der Waals surface area contributed by atoms with E-state index in [1.54, 1.807) is 0 Å². The Morgan fingerprint density at radius 2 is 1.90 bits per heavy atom. The molecule has 1 N–H and O–H groups in total. The molecular formula is C16H24F2NO2. The molecule has 1 aromatic carbocycles. The molecule has 1 aromatic rings. The predicted octanol–water partition coefficient (Wildman–Crippen LogP) is 3.17. The number of nitrogens with zero attached hydrogens (tertiary/aromatic N) is 1. The molecule has 0 saturated heterocycles. The number of benzene rings is 1. The van der Waals surface area contributed by atoms with Crippen molar-refractivity contribution in [1.29, 1.82) is 0 Å². The van der Waals surface area contributed by atoms with Gasteiger partial charge < -0.3 is 10.0 Å². The van der Waals surface area contributed by atoms with E-state index in [0.29, 0.717) is 13.1 Å². The molecule has 0 saturated carbocycles. The number of halogens is 2. The lowest BCUT2D eigenvalue weighted by atomic mass is 9.95. The largest absolute Gasteiger partial charge is 0.395 e. The monoisotopic (exact) mass is 300 g/mol. The van der Waals surface area contributed by atoms with E-state index < -0.39 is 17.7 Å². The summed E-state index contributed by atoms with van der Waals surface area (Å²) in [7, 11) is 0. The van der Waals surface area contributed by atoms with E-state index in [1.807, 2.05) is 4.90 Å². The van der Waals surface area contributed by atoms with Crippen LogP contribution >= 0.6 is 0 Å². The van der Waals surface area contributed by atoms with Gasteiger partial charge in [0, 0.05) is 25.2 Å². The van der Waals surface area contributed by atoms with Gasteiger partial charge in [0.1, 0.15) is 6.10 Å². The molecule has 0 aliphatic carbocycles. The third-order valence-electron chi connectivity index (χ3n) is 3.15. The highest BCUT2D eigenvalue weighted by Crippen LogP contribution is 2.23. The smallest absolute Gasteiger partial charge is 0.164 e. The molecular weight excluding hydrogens is 276 g/mol. The Balaban J connectivity index is 2.64. The number of rotatable bonds is 7. The summed E-state index contributed by atoms with van der Waals surface area (Å²) in [5.41, 5.74) is -0.0906. The summed E-state index contributed by atoms with van der Waals surface area (Å²) in [6.45, 7) is 7.85. The topological polar surface area (TPSA) is 43.4 Å². The molecule has 1 rings (SSSR count). The highest BCUT2D eigenvalue weighted by molar-refractivity contribution is 5.21. The zero-order valence-corrected chi connectivity index (χ0v) is 12.9. The second-order valence-electron chi connectivity index (χ2n) is 6.48. The zero-order valence-electron chi connectivity index (χ0n) is 12.9. The van der Waals surface area contributed by atoms with Crippen molar-refractivity contribution in [2.75, 3.05) is 26.2 Å². The minimum absolute atomic E-state index is 0.00787. The molecule has 0 amide bonds. The van der Waals surface area contributed by atoms with Crippen molar-refractivity contribution in [3.8, 4) is 0 Å². The molecule has 0 aliphatic heterocycles. The normalized spacial score (nSPS) is 13.7. The Kier molecular flexibility index (Phi) is 6.71. The van der Waals surface area contributed by atoms with E-state index in [0.717, 1.165) is 12.6 Å². The van der Waals surface area contributed by atoms with Crippen LogP contribution in [0.4, 0.5) is 8.78 Å². The first-order valence-corrected chi connectivity index (χ1v) is 7.17. The van der Waals surface area contributed by atoms with Gasteiger partial charge in [0.05, 0.1) is 6.61 Å². The Hall–Kier alpha value is -1.04. The van der Waals surface area contributed by atoms with Gasteiger partial charge in [0.2, 0.25) is 0 Å². The summed E-state index contributed by atoms with van der Waals surface area (Å²) in [5.74, 6) is -2.04. The Bertz CT molecular complexity index is 446. The molecule has 0 heterocycles. The lowest BCUT2D eigenvalue weighted by Gasteiger charge is -2.29. The quantitative estimate of drug-likeness (QED) is 0.840. The summed E-state index contributed by atoms with van der Waals surface area (Å²) in [6.07, 6.45) is -1.13. The standard InChI is InChI=1S/C16H24F2NO2/c1-16(2,3)11-19(9-10-20)8-7-14(21)12-5-4-6-13(17)15(12)18/h4-6,14,20H,7-11H2,1-3H3. The average molecular weight is 300 g/mol. The van der Waals surface area contributed by atoms with Crippen LogP contribution in [0.25, 0.3) is 0 Å². The second-order valence-corrected chi connectivity index (χ2v) is 6.48. The summed E-state index contributed by atoms with van der Waals surface area (Å²) in [6, 6.07) is 3.68. The first-order valence-electron chi connectivity index (χ1n) is 7.17. The van der Waals surface area contributed by atoms with E-state index in [2.05, 4.69) is 20.8 Å². The molecule has 0 aromatic heterocycles. The third kappa shape index (κ3) is 6.08. The third-order valence-corrected chi connectivity index (χ3v) is 3.15. The van der Waals surface area contributed by atoms with Crippen LogP contribution in [0.5, 0.6) is 0 Å². The molecule has 1 unspecified atom stereocenters. The Morgan fingerprint density at radius 1 is 1.24 bits per heavy atom. The number of hydrogen-bond acceptors (Lipinski definition) is 2. The number of hydrogen-bond donors (Lipinski definition) is 1. The van der Waals surface area contributed by atoms with Gasteiger partial charge in [0.15, 0.2) is 11.6 Å². The highest BCUT2D eigenvalue weighted by Gasteiger charge is 2.20. The zero-order chi connectivity index (χ0) is 16.0. The van der Waals surface area contributed by atoms with Crippen LogP contribution in [0.3, 0.4) is 0 Å². The van der Waals surface area contributed by atoms with E-state index >= 15 is 0 Å². The molecule has 3 nitrogen and oxygen atoms in total. The van der Waals surface area contributed by atoms with Crippen molar-refractivity contribution in [1.82, 2.24) is 4.90 Å². The van der Waals surface area contributed by atoms with Crippen molar-refractivity contribution in [2.45, 2.75) is 33.3 Å². The summed E-state index contributed by atoms with van der Waals surface area (Å²) in [4.78, 5) is 1.97. The maximum atomic E-state index is 13.6. The molecule has 1 radical (unpaired) electrons. The van der Waals surface area contributed by atoms with Crippen LogP contribution < -0.4 is 0 Å². The van der Waals surface area contributed by atoms with Gasteiger partial charge in [-0.3, -0.25) is 0 Å². The maximum absolute atomic E-state index is 13.6. The van der Waals surface area contributed by atoms with E-state index in [9.17, 15) is 13.9 Å². The van der Waals surface area contributed by atoms with Crippen molar-refractivity contribution in [3.63, 3.8) is 0 Å². The second kappa shape index (κ2) is 7.82. The average Bonchev–Trinajstić information content (AvgIpc) is 2.37. The Morgan fingerprint density at radius 3 is 2.48 bits per heavy atom. The SMILES string of the molecule is CC(C)(C)CN(CCO)CCC([O])c1cccc(F)c1F. The molecule has 5 heteroatoms. The summed E-state index contributed by atoms with van der Waals surface area (Å²) in [5, 5.41) is 21.1. The fraction of sp³-hybridized carbons (Fsp3) is 0.625. The van der Waals surface area contributed by atoms with Crippen LogP contribution in [0, 0.1) is 17.0 Å². The highest BCUT2D eigenvalue weighted by atomic mass is 19.2. The van der Waals surface area contributed by atoms with Crippen LogP contribution in [-0.2, 0) is 5.11 Å². The molecule has 119 valence electrons. The minimum Gasteiger partial charge on any atom is -0.395 e. The number of aliphatic hydroxyl groups excluding tert-OH is 1. The van der Waals surface area contributed by atoms with Gasteiger partial charge in [0.25, 0.3) is 0 Å². The molecule has 21 heavy (non-hydrogen) atoms. The molecule has 0 aliphatic rings. The van der Waals surface area contributed by atoms with Crippen molar-refractivity contribution >= 4 is 0 Å². The van der Waals surface area contributed by atoms with Gasteiger partial charge >= 0.3 is 0 Å². The predicted molar refractivity (Wildman–Crippen MR) is 77.4 cm³/mol. The fourth-order valence-corrected chi connectivity index (χ4v) is 2.31. The van der Waals surface area contributed by atoms with Crippen LogP contribution in [0.1, 0.15) is 38.9 Å². The first-order chi connectivity index (χ1) is 9.74. The van der Waals surface area contributed by atoms with Gasteiger partial charge in [-0.15, -0.1) is 0 Å². The molecule has 1 atom stereocenters. The van der Waals surface area contributed by atoms with Crippen LogP contribution in [0.15, 0.2) is 18.2 Å². The van der Waals surface area contributed by atoms with Crippen molar-refractivity contribution in [2.24, 2.45) is 5.41 Å². The maximum Gasteiger partial charge on any atom is 0.164 e. The summed E-state index contributed by atoms with van der Waals surface area (Å²) >= 11 is 0. The summed E-state index contributed by atoms with van der Waals surface area (Å²) < 4.78 is 26.7. The van der Waals surface area contributed by atoms with E-state index in [-0.39, 0.29) is 24.0 Å². The van der Waals surface area contributed by atoms with Crippen LogP contribution in [0.2, 0.25) is 0 Å². The van der Waals surface area contributed by atoms with Crippen molar-refractivity contribution in [3.05, 3.63) is 35.4 Å². The molecule has 0 fully saturated rings. The van der Waals surface area contributed by atoms with Gasteiger partial charge in [-0.05, 0) is 17.9 Å². The molecule has 0 spiro atoms. The van der Waals surface area contributed by atoms with E-state index in [4.69, 9.17) is 5.11 Å². The Labute approximate surface area is 125 Å².